The maximum Gasteiger partial charge on any atom is 0.268 e. The summed E-state index contributed by atoms with van der Waals surface area (Å²) in [5, 5.41) is 3.10. The molecule has 0 atom stereocenters. The van der Waals surface area contributed by atoms with Crippen LogP contribution < -0.4 is 5.56 Å². The quantitative estimate of drug-likeness (QED) is 0.617. The van der Waals surface area contributed by atoms with Crippen molar-refractivity contribution in [2.45, 2.75) is 13.5 Å². The van der Waals surface area contributed by atoms with Crippen molar-refractivity contribution in [2.24, 2.45) is 0 Å². The zero-order chi connectivity index (χ0) is 14.4. The molecular formula is C16H13N3OS. The average Bonchev–Trinajstić information content (AvgIpc) is 3.06. The van der Waals surface area contributed by atoms with Crippen LogP contribution >= 0.6 is 11.3 Å². The molecule has 0 aliphatic carbocycles. The van der Waals surface area contributed by atoms with Crippen LogP contribution in [0.25, 0.3) is 21.1 Å². The molecule has 4 aromatic rings. The summed E-state index contributed by atoms with van der Waals surface area (Å²) in [6, 6.07) is 10.3. The molecule has 0 saturated heterocycles. The molecule has 0 amide bonds. The van der Waals surface area contributed by atoms with Crippen LogP contribution in [0, 0.1) is 6.92 Å². The number of nitrogens with zero attached hydrogens (tertiary/aromatic N) is 2. The molecule has 4 rings (SSSR count). The van der Waals surface area contributed by atoms with Crippen LogP contribution in [-0.2, 0) is 6.54 Å². The van der Waals surface area contributed by atoms with Crippen molar-refractivity contribution in [1.29, 1.82) is 0 Å². The number of hydrogen-bond acceptors (Lipinski definition) is 3. The van der Waals surface area contributed by atoms with E-state index < -0.39 is 0 Å². The van der Waals surface area contributed by atoms with Crippen molar-refractivity contribution in [1.82, 2.24) is 14.5 Å². The van der Waals surface area contributed by atoms with Gasteiger partial charge in [0.15, 0.2) is 0 Å². The largest absolute Gasteiger partial charge is 0.340 e. The molecule has 0 spiro atoms. The molecule has 0 bridgehead atoms. The number of hydrogen-bond donors (Lipinski definition) is 1. The Hall–Kier alpha value is -2.40. The van der Waals surface area contributed by atoms with E-state index in [2.05, 4.69) is 45.7 Å². The van der Waals surface area contributed by atoms with Crippen molar-refractivity contribution in [3.8, 4) is 0 Å². The second-order valence-electron chi connectivity index (χ2n) is 5.15. The summed E-state index contributed by atoms with van der Waals surface area (Å²) >= 11 is 1.42. The van der Waals surface area contributed by atoms with E-state index in [1.54, 1.807) is 0 Å². The van der Waals surface area contributed by atoms with Crippen LogP contribution in [0.5, 0.6) is 0 Å². The molecule has 3 heterocycles. The average molecular weight is 295 g/mol. The van der Waals surface area contributed by atoms with Crippen LogP contribution in [0.15, 0.2) is 46.7 Å². The molecular weight excluding hydrogens is 282 g/mol. The van der Waals surface area contributed by atoms with E-state index in [1.807, 2.05) is 17.6 Å². The third kappa shape index (κ3) is 2.06. The summed E-state index contributed by atoms with van der Waals surface area (Å²) in [4.78, 5) is 19.4. The Morgan fingerprint density at radius 1 is 1.29 bits per heavy atom. The first-order valence-corrected chi connectivity index (χ1v) is 7.60. The predicted octanol–water partition coefficient (Wildman–Crippen LogP) is 3.30. The molecule has 104 valence electrons. The third-order valence-electron chi connectivity index (χ3n) is 3.61. The van der Waals surface area contributed by atoms with E-state index in [4.69, 9.17) is 0 Å². The van der Waals surface area contributed by atoms with Crippen LogP contribution in [0.4, 0.5) is 0 Å². The van der Waals surface area contributed by atoms with Crippen LogP contribution in [0.2, 0.25) is 0 Å². The van der Waals surface area contributed by atoms with E-state index in [9.17, 15) is 4.79 Å². The van der Waals surface area contributed by atoms with Gasteiger partial charge in [0, 0.05) is 11.7 Å². The maximum absolute atomic E-state index is 12.0. The SMILES string of the molecule is Cc1ccc2c(ccn2Cc2nc3ccsc3c(=O)[nH]2)c1. The number of aryl methyl sites for hydroxylation is 1. The van der Waals surface area contributed by atoms with Crippen LogP contribution in [0.1, 0.15) is 11.4 Å². The Bertz CT molecular complexity index is 1010. The maximum atomic E-state index is 12.0. The number of aromatic amines is 1. The second kappa shape index (κ2) is 4.56. The van der Waals surface area contributed by atoms with Gasteiger partial charge in [0.25, 0.3) is 5.56 Å². The van der Waals surface area contributed by atoms with E-state index in [0.717, 1.165) is 11.0 Å². The lowest BCUT2D eigenvalue weighted by atomic mass is 10.2. The summed E-state index contributed by atoms with van der Waals surface area (Å²) in [5.41, 5.74) is 3.10. The van der Waals surface area contributed by atoms with Gasteiger partial charge in [0.05, 0.1) is 12.1 Å². The molecule has 5 heteroatoms. The fourth-order valence-electron chi connectivity index (χ4n) is 2.62. The molecule has 3 aromatic heterocycles. The highest BCUT2D eigenvalue weighted by atomic mass is 32.1. The van der Waals surface area contributed by atoms with E-state index in [0.29, 0.717) is 17.1 Å². The molecule has 0 radical (unpaired) electrons. The van der Waals surface area contributed by atoms with Gasteiger partial charge < -0.3 is 9.55 Å². The van der Waals surface area contributed by atoms with Gasteiger partial charge in [0.2, 0.25) is 0 Å². The standard InChI is InChI=1S/C16H13N3OS/c1-10-2-3-13-11(8-10)4-6-19(13)9-14-17-12-5-7-21-15(12)16(20)18-14/h2-8H,9H2,1H3,(H,17,18,20). The minimum absolute atomic E-state index is 0.0580. The van der Waals surface area contributed by atoms with Crippen LogP contribution in [0.3, 0.4) is 0 Å². The lowest BCUT2D eigenvalue weighted by Crippen LogP contribution is -2.12. The Morgan fingerprint density at radius 3 is 3.10 bits per heavy atom. The normalized spacial score (nSPS) is 11.5. The first-order chi connectivity index (χ1) is 10.2. The first-order valence-electron chi connectivity index (χ1n) is 6.72. The monoisotopic (exact) mass is 295 g/mol. The summed E-state index contributed by atoms with van der Waals surface area (Å²) in [7, 11) is 0. The smallest absolute Gasteiger partial charge is 0.268 e. The van der Waals surface area contributed by atoms with Crippen molar-refractivity contribution in [3.05, 3.63) is 63.7 Å². The molecule has 4 nitrogen and oxygen atoms in total. The second-order valence-corrected chi connectivity index (χ2v) is 6.07. The van der Waals surface area contributed by atoms with Crippen molar-refractivity contribution >= 4 is 32.5 Å². The van der Waals surface area contributed by atoms with Gasteiger partial charge >= 0.3 is 0 Å². The number of rotatable bonds is 2. The van der Waals surface area contributed by atoms with E-state index in [1.165, 1.54) is 22.3 Å². The van der Waals surface area contributed by atoms with Gasteiger partial charge in [-0.05, 0) is 42.0 Å². The lowest BCUT2D eigenvalue weighted by molar-refractivity contribution is 0.774. The van der Waals surface area contributed by atoms with Gasteiger partial charge in [-0.25, -0.2) is 4.98 Å². The summed E-state index contributed by atoms with van der Waals surface area (Å²) in [6.07, 6.45) is 2.03. The van der Waals surface area contributed by atoms with Crippen molar-refractivity contribution < 1.29 is 0 Å². The molecule has 0 aliphatic heterocycles. The van der Waals surface area contributed by atoms with Gasteiger partial charge in [0.1, 0.15) is 10.5 Å². The highest BCUT2D eigenvalue weighted by Crippen LogP contribution is 2.19. The molecule has 21 heavy (non-hydrogen) atoms. The molecule has 1 aromatic carbocycles. The Kier molecular flexibility index (Phi) is 2.68. The minimum Gasteiger partial charge on any atom is -0.340 e. The highest BCUT2D eigenvalue weighted by molar-refractivity contribution is 7.17. The number of fused-ring (bicyclic) bond motifs is 2. The number of benzene rings is 1. The molecule has 0 fully saturated rings. The third-order valence-corrected chi connectivity index (χ3v) is 4.51. The van der Waals surface area contributed by atoms with Crippen LogP contribution in [-0.4, -0.2) is 14.5 Å². The van der Waals surface area contributed by atoms with Crippen molar-refractivity contribution in [2.75, 3.05) is 0 Å². The minimum atomic E-state index is -0.0580. The van der Waals surface area contributed by atoms with Gasteiger partial charge in [-0.1, -0.05) is 11.6 Å². The number of thiophene rings is 1. The fourth-order valence-corrected chi connectivity index (χ4v) is 3.34. The number of H-pyrrole nitrogens is 1. The lowest BCUT2D eigenvalue weighted by Gasteiger charge is -2.05. The molecule has 1 N–H and O–H groups in total. The van der Waals surface area contributed by atoms with Crippen molar-refractivity contribution in [3.63, 3.8) is 0 Å². The molecule has 0 saturated carbocycles. The highest BCUT2D eigenvalue weighted by Gasteiger charge is 2.07. The van der Waals surface area contributed by atoms with Gasteiger partial charge in [-0.3, -0.25) is 4.79 Å². The Labute approximate surface area is 124 Å². The summed E-state index contributed by atoms with van der Waals surface area (Å²) < 4.78 is 2.79. The summed E-state index contributed by atoms with van der Waals surface area (Å²) in [5.74, 6) is 0.684. The zero-order valence-electron chi connectivity index (χ0n) is 11.5. The Morgan fingerprint density at radius 2 is 2.19 bits per heavy atom. The zero-order valence-corrected chi connectivity index (χ0v) is 12.3. The van der Waals surface area contributed by atoms with E-state index >= 15 is 0 Å². The molecule has 0 unspecified atom stereocenters. The Balaban J connectivity index is 1.80. The van der Waals surface area contributed by atoms with Gasteiger partial charge in [-0.15, -0.1) is 11.3 Å². The fraction of sp³-hybridized carbons (Fsp3) is 0.125. The number of aromatic nitrogens is 3. The topological polar surface area (TPSA) is 50.7 Å². The first kappa shape index (κ1) is 12.3. The number of nitrogens with one attached hydrogen (secondary N) is 1. The summed E-state index contributed by atoms with van der Waals surface area (Å²) in [6.45, 7) is 2.65. The predicted molar refractivity (Wildman–Crippen MR) is 86.0 cm³/mol. The molecule has 0 aliphatic rings. The van der Waals surface area contributed by atoms with Gasteiger partial charge in [-0.2, -0.15) is 0 Å². The van der Waals surface area contributed by atoms with E-state index in [-0.39, 0.29) is 5.56 Å².